The first-order chi connectivity index (χ1) is 11.1. The van der Waals surface area contributed by atoms with E-state index in [9.17, 15) is 9.59 Å². The number of carbonyl (C=O) groups is 2. The van der Waals surface area contributed by atoms with E-state index in [0.29, 0.717) is 18.0 Å². The van der Waals surface area contributed by atoms with Gasteiger partial charge in [0.05, 0.1) is 0 Å². The summed E-state index contributed by atoms with van der Waals surface area (Å²) < 4.78 is 5.14. The van der Waals surface area contributed by atoms with E-state index in [0.717, 1.165) is 0 Å². The number of carbonyl (C=O) groups excluding carboxylic acids is 1. The first kappa shape index (κ1) is 15.3. The molecule has 0 bridgehead atoms. The minimum absolute atomic E-state index is 0.0741. The molecule has 0 saturated heterocycles. The number of rotatable bonds is 6. The van der Waals surface area contributed by atoms with Gasteiger partial charge in [-0.3, -0.25) is 4.79 Å². The summed E-state index contributed by atoms with van der Waals surface area (Å²) >= 11 is 0. The molecular formula is C18H19NO4. The fraction of sp³-hybridized carbons (Fsp3) is 0.333. The largest absolute Gasteiger partial charge is 0.475 e. The molecule has 1 aliphatic rings. The molecule has 1 heterocycles. The van der Waals surface area contributed by atoms with Gasteiger partial charge in [0.15, 0.2) is 5.76 Å². The summed E-state index contributed by atoms with van der Waals surface area (Å²) in [6, 6.07) is 11.5. The quantitative estimate of drug-likeness (QED) is 0.858. The molecule has 0 aliphatic heterocycles. The Morgan fingerprint density at radius 1 is 1.30 bits per heavy atom. The topological polar surface area (TPSA) is 79.5 Å². The van der Waals surface area contributed by atoms with Crippen molar-refractivity contribution in [2.24, 2.45) is 5.92 Å². The van der Waals surface area contributed by atoms with Crippen LogP contribution in [-0.2, 0) is 0 Å². The lowest BCUT2D eigenvalue weighted by molar-refractivity contribution is 0.0659. The molecule has 0 radical (unpaired) electrons. The van der Waals surface area contributed by atoms with Crippen molar-refractivity contribution in [3.8, 4) is 0 Å². The summed E-state index contributed by atoms with van der Waals surface area (Å²) in [5, 5.41) is 11.8. The van der Waals surface area contributed by atoms with Crippen molar-refractivity contribution in [3.05, 3.63) is 59.0 Å². The number of carboxylic acid groups (broad SMARTS) is 1. The zero-order chi connectivity index (χ0) is 16.4. The molecule has 120 valence electrons. The van der Waals surface area contributed by atoms with Gasteiger partial charge in [-0.05, 0) is 37.3 Å². The number of carboxylic acids is 1. The lowest BCUT2D eigenvalue weighted by Gasteiger charge is -2.17. The number of hydrogen-bond acceptors (Lipinski definition) is 3. The molecule has 1 saturated carbocycles. The van der Waals surface area contributed by atoms with Crippen LogP contribution in [0.1, 0.15) is 51.0 Å². The number of aromatic carboxylic acids is 1. The van der Waals surface area contributed by atoms with E-state index in [-0.39, 0.29) is 23.3 Å². The number of benzene rings is 1. The number of aryl methyl sites for hydroxylation is 1. The number of furan rings is 1. The Morgan fingerprint density at radius 2 is 2.00 bits per heavy atom. The minimum atomic E-state index is -1.17. The van der Waals surface area contributed by atoms with Crippen LogP contribution in [0.4, 0.5) is 0 Å². The first-order valence-electron chi connectivity index (χ1n) is 7.73. The highest BCUT2D eigenvalue weighted by Gasteiger charge is 2.32. The van der Waals surface area contributed by atoms with Crippen LogP contribution in [-0.4, -0.2) is 23.5 Å². The van der Waals surface area contributed by atoms with Crippen LogP contribution in [0.5, 0.6) is 0 Å². The zero-order valence-corrected chi connectivity index (χ0v) is 12.9. The monoisotopic (exact) mass is 313 g/mol. The predicted octanol–water partition coefficient (Wildman–Crippen LogP) is 3.21. The summed E-state index contributed by atoms with van der Waals surface area (Å²) in [5.74, 6) is -0.789. The van der Waals surface area contributed by atoms with Crippen molar-refractivity contribution in [2.45, 2.75) is 25.7 Å². The molecule has 2 aromatic rings. The molecule has 1 aromatic carbocycles. The molecular weight excluding hydrogens is 294 g/mol. The lowest BCUT2D eigenvalue weighted by atomic mass is 9.94. The van der Waals surface area contributed by atoms with Gasteiger partial charge >= 0.3 is 5.97 Å². The van der Waals surface area contributed by atoms with E-state index < -0.39 is 5.97 Å². The van der Waals surface area contributed by atoms with Gasteiger partial charge < -0.3 is 14.8 Å². The van der Waals surface area contributed by atoms with Crippen LogP contribution in [0.3, 0.4) is 0 Å². The second-order valence-corrected chi connectivity index (χ2v) is 5.99. The zero-order valence-electron chi connectivity index (χ0n) is 12.9. The number of hydrogen-bond donors (Lipinski definition) is 2. The van der Waals surface area contributed by atoms with Gasteiger partial charge in [-0.15, -0.1) is 0 Å². The Balaban J connectivity index is 1.69. The Morgan fingerprint density at radius 3 is 2.57 bits per heavy atom. The normalized spacial score (nSPS) is 15.2. The van der Waals surface area contributed by atoms with Crippen LogP contribution in [0.15, 0.2) is 40.8 Å². The van der Waals surface area contributed by atoms with Crippen molar-refractivity contribution >= 4 is 11.9 Å². The van der Waals surface area contributed by atoms with Crippen molar-refractivity contribution in [3.63, 3.8) is 0 Å². The van der Waals surface area contributed by atoms with Gasteiger partial charge in [0, 0.05) is 18.0 Å². The first-order valence-corrected chi connectivity index (χ1v) is 7.73. The maximum absolute atomic E-state index is 12.3. The van der Waals surface area contributed by atoms with Crippen LogP contribution in [0.2, 0.25) is 0 Å². The summed E-state index contributed by atoms with van der Waals surface area (Å²) in [7, 11) is 0. The molecule has 1 amide bonds. The highest BCUT2D eigenvalue weighted by atomic mass is 16.4. The van der Waals surface area contributed by atoms with Crippen molar-refractivity contribution in [1.82, 2.24) is 5.32 Å². The molecule has 3 rings (SSSR count). The fourth-order valence-corrected chi connectivity index (χ4v) is 2.85. The van der Waals surface area contributed by atoms with Crippen LogP contribution < -0.4 is 5.32 Å². The van der Waals surface area contributed by atoms with E-state index in [4.69, 9.17) is 9.52 Å². The summed E-state index contributed by atoms with van der Waals surface area (Å²) in [6.07, 6.45) is 2.36. The highest BCUT2D eigenvalue weighted by Crippen LogP contribution is 2.42. The second-order valence-electron chi connectivity index (χ2n) is 5.99. The molecule has 0 spiro atoms. The van der Waals surface area contributed by atoms with Gasteiger partial charge in [-0.1, -0.05) is 30.3 Å². The van der Waals surface area contributed by atoms with E-state index in [1.54, 1.807) is 6.92 Å². The molecule has 1 unspecified atom stereocenters. The molecule has 1 aliphatic carbocycles. The van der Waals surface area contributed by atoms with Gasteiger partial charge in [0.1, 0.15) is 0 Å². The van der Waals surface area contributed by atoms with E-state index in [2.05, 4.69) is 17.4 Å². The molecule has 2 N–H and O–H groups in total. The molecule has 1 atom stereocenters. The van der Waals surface area contributed by atoms with Crippen molar-refractivity contribution < 1.29 is 19.1 Å². The molecule has 1 aromatic heterocycles. The Bertz CT molecular complexity index is 716. The summed E-state index contributed by atoms with van der Waals surface area (Å²) in [6.45, 7) is 2.19. The van der Waals surface area contributed by atoms with E-state index in [1.165, 1.54) is 24.5 Å². The van der Waals surface area contributed by atoms with Gasteiger partial charge in [-0.2, -0.15) is 0 Å². The van der Waals surface area contributed by atoms with Crippen LogP contribution in [0, 0.1) is 12.8 Å². The summed E-state index contributed by atoms with van der Waals surface area (Å²) in [4.78, 5) is 23.2. The molecule has 5 heteroatoms. The molecule has 5 nitrogen and oxygen atoms in total. The number of nitrogens with one attached hydrogen (secondary N) is 1. The fourth-order valence-electron chi connectivity index (χ4n) is 2.85. The third-order valence-electron chi connectivity index (χ3n) is 4.24. The van der Waals surface area contributed by atoms with Crippen molar-refractivity contribution in [2.75, 3.05) is 6.54 Å². The standard InChI is InChI=1S/C18H19NO4/c1-11-9-15(18(21)22)23-16(11)17(20)19-10-14(13-7-8-13)12-5-3-2-4-6-12/h2-6,9,13-14H,7-8,10H2,1H3,(H,19,20)(H,21,22). The average Bonchev–Trinajstić information content (AvgIpc) is 3.29. The maximum Gasteiger partial charge on any atom is 0.371 e. The molecule has 1 fully saturated rings. The average molecular weight is 313 g/mol. The smallest absolute Gasteiger partial charge is 0.371 e. The van der Waals surface area contributed by atoms with Crippen molar-refractivity contribution in [1.29, 1.82) is 0 Å². The minimum Gasteiger partial charge on any atom is -0.475 e. The Labute approximate surface area is 134 Å². The Hall–Kier alpha value is -2.56. The third-order valence-corrected chi connectivity index (χ3v) is 4.24. The van der Waals surface area contributed by atoms with E-state index in [1.807, 2.05) is 18.2 Å². The number of amides is 1. The van der Waals surface area contributed by atoms with Gasteiger partial charge in [0.2, 0.25) is 5.76 Å². The Kier molecular flexibility index (Phi) is 4.19. The lowest BCUT2D eigenvalue weighted by Crippen LogP contribution is -2.29. The van der Waals surface area contributed by atoms with Gasteiger partial charge in [-0.25, -0.2) is 4.79 Å². The highest BCUT2D eigenvalue weighted by molar-refractivity contribution is 5.95. The third kappa shape index (κ3) is 3.44. The van der Waals surface area contributed by atoms with E-state index >= 15 is 0 Å². The van der Waals surface area contributed by atoms with Crippen LogP contribution >= 0.6 is 0 Å². The second kappa shape index (κ2) is 6.28. The maximum atomic E-state index is 12.3. The SMILES string of the molecule is Cc1cc(C(=O)O)oc1C(=O)NCC(c1ccccc1)C1CC1. The van der Waals surface area contributed by atoms with Gasteiger partial charge in [0.25, 0.3) is 5.91 Å². The van der Waals surface area contributed by atoms with Crippen LogP contribution in [0.25, 0.3) is 0 Å². The predicted molar refractivity (Wildman–Crippen MR) is 84.6 cm³/mol. The molecule has 23 heavy (non-hydrogen) atoms. The summed E-state index contributed by atoms with van der Waals surface area (Å²) in [5.41, 5.74) is 1.75.